The average Bonchev–Trinajstić information content (AvgIpc) is 2.11. The van der Waals surface area contributed by atoms with Crippen LogP contribution in [0.4, 0.5) is 26.3 Å². The fourth-order valence-corrected chi connectivity index (χ4v) is 1.26. The van der Waals surface area contributed by atoms with Crippen LogP contribution in [0.1, 0.15) is 13.3 Å². The van der Waals surface area contributed by atoms with Crippen LogP contribution in [0.15, 0.2) is 0 Å². The van der Waals surface area contributed by atoms with Crippen LogP contribution in [0.3, 0.4) is 0 Å². The van der Waals surface area contributed by atoms with Crippen LogP contribution in [0.5, 0.6) is 0 Å². The van der Waals surface area contributed by atoms with Crippen LogP contribution in [-0.2, 0) is 9.59 Å². The first-order valence-corrected chi connectivity index (χ1v) is 4.96. The Morgan fingerprint density at radius 2 is 1.58 bits per heavy atom. The van der Waals surface area contributed by atoms with Crippen molar-refractivity contribution in [2.24, 2.45) is 11.8 Å². The molecule has 19 heavy (non-hydrogen) atoms. The summed E-state index contributed by atoms with van der Waals surface area (Å²) in [7, 11) is 0. The zero-order valence-corrected chi connectivity index (χ0v) is 9.60. The fraction of sp³-hybridized carbons (Fsp3) is 0.778. The first-order chi connectivity index (χ1) is 8.35. The van der Waals surface area contributed by atoms with E-state index in [-0.39, 0.29) is 0 Å². The van der Waals surface area contributed by atoms with E-state index in [9.17, 15) is 35.9 Å². The summed E-state index contributed by atoms with van der Waals surface area (Å²) in [5.41, 5.74) is 0. The minimum Gasteiger partial charge on any atom is -0.481 e. The average molecular weight is 295 g/mol. The number of hydrogen-bond acceptors (Lipinski definition) is 2. The largest absolute Gasteiger partial charge is 0.481 e. The van der Waals surface area contributed by atoms with Gasteiger partial charge in [-0.3, -0.25) is 9.59 Å². The van der Waals surface area contributed by atoms with E-state index in [4.69, 9.17) is 5.11 Å². The molecule has 2 N–H and O–H groups in total. The summed E-state index contributed by atoms with van der Waals surface area (Å²) in [6.45, 7) is -0.204. The third-order valence-electron chi connectivity index (χ3n) is 2.27. The normalized spacial score (nSPS) is 15.7. The number of carbonyl (C=O) groups excluding carboxylic acids is 1. The summed E-state index contributed by atoms with van der Waals surface area (Å²) < 4.78 is 74.3. The lowest BCUT2D eigenvalue weighted by molar-refractivity contribution is -0.215. The number of amides is 1. The van der Waals surface area contributed by atoms with Crippen LogP contribution >= 0.6 is 0 Å². The van der Waals surface area contributed by atoms with Crippen molar-refractivity contribution in [2.75, 3.05) is 6.54 Å². The van der Waals surface area contributed by atoms with Gasteiger partial charge in [-0.05, 0) is 6.42 Å². The Kier molecular flexibility index (Phi) is 5.63. The Morgan fingerprint density at radius 1 is 1.11 bits per heavy atom. The van der Waals surface area contributed by atoms with Crippen molar-refractivity contribution in [2.45, 2.75) is 25.7 Å². The summed E-state index contributed by atoms with van der Waals surface area (Å²) in [4.78, 5) is 20.8. The second-order valence-electron chi connectivity index (χ2n) is 3.84. The minimum absolute atomic E-state index is 0.854. The molecule has 0 saturated heterocycles. The molecule has 0 aliphatic rings. The van der Waals surface area contributed by atoms with Gasteiger partial charge in [0.25, 0.3) is 0 Å². The lowest BCUT2D eigenvalue weighted by Gasteiger charge is -2.24. The maximum atomic E-state index is 12.5. The predicted octanol–water partition coefficient (Wildman–Crippen LogP) is 1.95. The number of alkyl halides is 6. The molecular weight excluding hydrogens is 284 g/mol. The lowest BCUT2D eigenvalue weighted by Crippen LogP contribution is -2.41. The smallest absolute Gasteiger partial charge is 0.402 e. The number of carbonyl (C=O) groups is 2. The van der Waals surface area contributed by atoms with Crippen molar-refractivity contribution >= 4 is 11.9 Å². The summed E-state index contributed by atoms with van der Waals surface area (Å²) in [5, 5.41) is 10.1. The monoisotopic (exact) mass is 295 g/mol. The van der Waals surface area contributed by atoms with E-state index in [2.05, 4.69) is 0 Å². The molecule has 0 saturated carbocycles. The van der Waals surface area contributed by atoms with E-state index in [1.165, 1.54) is 0 Å². The lowest BCUT2D eigenvalue weighted by atomic mass is 9.93. The van der Waals surface area contributed by atoms with Gasteiger partial charge >= 0.3 is 18.3 Å². The molecule has 112 valence electrons. The second-order valence-corrected chi connectivity index (χ2v) is 3.84. The predicted molar refractivity (Wildman–Crippen MR) is 50.0 cm³/mol. The fourth-order valence-electron chi connectivity index (χ4n) is 1.26. The number of nitrogens with one attached hydrogen (secondary N) is 1. The molecule has 0 aromatic heterocycles. The number of carboxylic acid groups (broad SMARTS) is 1. The number of carboxylic acids is 1. The summed E-state index contributed by atoms with van der Waals surface area (Å²) in [6, 6.07) is 0. The second kappa shape index (κ2) is 6.11. The van der Waals surface area contributed by atoms with E-state index < -0.39 is 49.0 Å². The van der Waals surface area contributed by atoms with E-state index in [1.54, 1.807) is 5.32 Å². The molecule has 2 atom stereocenters. The van der Waals surface area contributed by atoms with E-state index in [0.717, 1.165) is 6.92 Å². The van der Waals surface area contributed by atoms with Gasteiger partial charge in [-0.1, -0.05) is 0 Å². The standard InChI is InChI=1S/C9H11F6NO3/c1-4(17)16-3-5(8(10,11)12)2-6(7(18)19)9(13,14)15/h5-6H,2-3H2,1H3,(H,16,17)(H,18,19). The maximum Gasteiger partial charge on any atom is 0.402 e. The molecule has 1 amide bonds. The van der Waals surface area contributed by atoms with Crippen molar-refractivity contribution in [1.82, 2.24) is 5.32 Å². The van der Waals surface area contributed by atoms with Crippen LogP contribution in [0.2, 0.25) is 0 Å². The molecule has 0 aromatic carbocycles. The molecule has 10 heteroatoms. The molecule has 0 aliphatic heterocycles. The molecule has 0 radical (unpaired) electrons. The van der Waals surface area contributed by atoms with Crippen molar-refractivity contribution in [3.63, 3.8) is 0 Å². The maximum absolute atomic E-state index is 12.5. The molecule has 0 aromatic rings. The number of aliphatic carboxylic acids is 1. The minimum atomic E-state index is -5.29. The van der Waals surface area contributed by atoms with E-state index in [1.807, 2.05) is 0 Å². The third kappa shape index (κ3) is 6.30. The molecule has 0 spiro atoms. The van der Waals surface area contributed by atoms with Crippen molar-refractivity contribution in [3.8, 4) is 0 Å². The molecule has 0 heterocycles. The zero-order valence-electron chi connectivity index (χ0n) is 9.60. The van der Waals surface area contributed by atoms with Gasteiger partial charge in [-0.15, -0.1) is 0 Å². The molecule has 0 aliphatic carbocycles. The van der Waals surface area contributed by atoms with Gasteiger partial charge in [0.2, 0.25) is 5.91 Å². The third-order valence-corrected chi connectivity index (χ3v) is 2.27. The van der Waals surface area contributed by atoms with Gasteiger partial charge in [0.1, 0.15) is 0 Å². The SMILES string of the molecule is CC(=O)NCC(CC(C(=O)O)C(F)(F)F)C(F)(F)F. The molecular formula is C9H11F6NO3. The molecule has 2 unspecified atom stereocenters. The summed E-state index contributed by atoms with van der Waals surface area (Å²) in [5.74, 6) is -8.95. The molecule has 4 nitrogen and oxygen atoms in total. The molecule has 0 bridgehead atoms. The first kappa shape index (κ1) is 17.5. The number of halogens is 6. The van der Waals surface area contributed by atoms with Crippen LogP contribution in [0.25, 0.3) is 0 Å². The van der Waals surface area contributed by atoms with E-state index in [0.29, 0.717) is 0 Å². The van der Waals surface area contributed by atoms with Crippen molar-refractivity contribution < 1.29 is 41.0 Å². The van der Waals surface area contributed by atoms with Crippen molar-refractivity contribution in [3.05, 3.63) is 0 Å². The highest BCUT2D eigenvalue weighted by Crippen LogP contribution is 2.37. The van der Waals surface area contributed by atoms with Gasteiger partial charge in [-0.25, -0.2) is 0 Å². The van der Waals surface area contributed by atoms with Gasteiger partial charge in [0.05, 0.1) is 5.92 Å². The van der Waals surface area contributed by atoms with Gasteiger partial charge in [-0.2, -0.15) is 26.3 Å². The Morgan fingerprint density at radius 3 is 1.84 bits per heavy atom. The Bertz CT molecular complexity index is 338. The number of hydrogen-bond donors (Lipinski definition) is 2. The zero-order chi connectivity index (χ0) is 15.4. The Hall–Kier alpha value is -1.48. The Labute approximate surface area is 103 Å². The Balaban J connectivity index is 4.97. The van der Waals surface area contributed by atoms with Gasteiger partial charge in [0, 0.05) is 13.5 Å². The van der Waals surface area contributed by atoms with Crippen molar-refractivity contribution in [1.29, 1.82) is 0 Å². The highest BCUT2D eigenvalue weighted by molar-refractivity contribution is 5.73. The topological polar surface area (TPSA) is 66.4 Å². The van der Waals surface area contributed by atoms with Gasteiger partial charge in [0.15, 0.2) is 5.92 Å². The van der Waals surface area contributed by atoms with Crippen LogP contribution in [0, 0.1) is 11.8 Å². The van der Waals surface area contributed by atoms with Crippen LogP contribution < -0.4 is 5.32 Å². The van der Waals surface area contributed by atoms with Crippen LogP contribution in [-0.4, -0.2) is 35.9 Å². The first-order valence-electron chi connectivity index (χ1n) is 4.96. The molecule has 0 fully saturated rings. The molecule has 0 rings (SSSR count). The van der Waals surface area contributed by atoms with Gasteiger partial charge < -0.3 is 10.4 Å². The summed E-state index contributed by atoms with van der Waals surface area (Å²) in [6.07, 6.45) is -12.0. The highest BCUT2D eigenvalue weighted by Gasteiger charge is 2.51. The quantitative estimate of drug-likeness (QED) is 0.762. The number of rotatable bonds is 5. The van der Waals surface area contributed by atoms with E-state index >= 15 is 0 Å². The summed E-state index contributed by atoms with van der Waals surface area (Å²) >= 11 is 0. The highest BCUT2D eigenvalue weighted by atomic mass is 19.4.